The van der Waals surface area contributed by atoms with E-state index in [9.17, 15) is 18.0 Å². The molecule has 0 spiro atoms. The maximum atomic E-state index is 12.9. The van der Waals surface area contributed by atoms with Crippen molar-refractivity contribution < 1.29 is 18.0 Å². The first-order valence-corrected chi connectivity index (χ1v) is 12.0. The Labute approximate surface area is 227 Å². The molecular formula is C28H30Cl2F3N3O. The average Bonchev–Trinajstić information content (AvgIpc) is 3.64. The third-order valence-electron chi connectivity index (χ3n) is 6.91. The molecule has 1 aliphatic heterocycles. The van der Waals surface area contributed by atoms with Crippen LogP contribution in [0, 0.1) is 0 Å². The smallest absolute Gasteiger partial charge is 0.371 e. The summed E-state index contributed by atoms with van der Waals surface area (Å²) in [5.74, 6) is -0.105. The first kappa shape index (κ1) is 28.8. The molecule has 3 aromatic rings. The molecule has 1 heterocycles. The quantitative estimate of drug-likeness (QED) is 0.349. The van der Waals surface area contributed by atoms with Crippen molar-refractivity contribution in [2.45, 2.75) is 43.4 Å². The molecule has 4 nitrogen and oxygen atoms in total. The van der Waals surface area contributed by atoms with E-state index in [4.69, 9.17) is 0 Å². The molecule has 0 unspecified atom stereocenters. The van der Waals surface area contributed by atoms with Gasteiger partial charge in [0.05, 0.1) is 5.56 Å². The molecular weight excluding hydrogens is 522 g/mol. The SMILES string of the molecule is Cl.Cl.O=C(Nc1ccc([C@@H]2C[C@H]2NC2CCN(c3ccccc3)CC2)cc1)c1cccc(C(F)(F)F)c1. The van der Waals surface area contributed by atoms with Crippen LogP contribution in [-0.2, 0) is 6.18 Å². The largest absolute Gasteiger partial charge is 0.416 e. The van der Waals surface area contributed by atoms with E-state index in [-0.39, 0.29) is 30.4 Å². The summed E-state index contributed by atoms with van der Waals surface area (Å²) in [6.07, 6.45) is -1.14. The molecule has 2 atom stereocenters. The van der Waals surface area contributed by atoms with Crippen LogP contribution < -0.4 is 15.5 Å². The Kier molecular flexibility index (Phi) is 9.51. The van der Waals surface area contributed by atoms with Gasteiger partial charge in [0.15, 0.2) is 0 Å². The third kappa shape index (κ3) is 7.18. The number of nitrogens with one attached hydrogen (secondary N) is 2. The van der Waals surface area contributed by atoms with Gasteiger partial charge in [0.2, 0.25) is 0 Å². The van der Waals surface area contributed by atoms with E-state index < -0.39 is 17.6 Å². The van der Waals surface area contributed by atoms with Crippen molar-refractivity contribution in [1.29, 1.82) is 0 Å². The van der Waals surface area contributed by atoms with Crippen LogP contribution in [0.15, 0.2) is 78.9 Å². The number of para-hydroxylation sites is 1. The van der Waals surface area contributed by atoms with Gasteiger partial charge >= 0.3 is 6.18 Å². The number of nitrogens with zero attached hydrogens (tertiary/aromatic N) is 1. The number of amides is 1. The lowest BCUT2D eigenvalue weighted by atomic mass is 10.0. The first-order valence-electron chi connectivity index (χ1n) is 12.0. The summed E-state index contributed by atoms with van der Waals surface area (Å²) >= 11 is 0. The number of piperidine rings is 1. The van der Waals surface area contributed by atoms with Crippen molar-refractivity contribution in [3.8, 4) is 0 Å². The Morgan fingerprint density at radius 2 is 1.54 bits per heavy atom. The Balaban J connectivity index is 0.00000190. The summed E-state index contributed by atoms with van der Waals surface area (Å²) in [6.45, 7) is 2.11. The van der Waals surface area contributed by atoms with E-state index in [2.05, 4.69) is 39.8 Å². The molecule has 37 heavy (non-hydrogen) atoms. The highest BCUT2D eigenvalue weighted by atomic mass is 35.5. The highest BCUT2D eigenvalue weighted by Gasteiger charge is 2.39. The molecule has 0 bridgehead atoms. The number of benzene rings is 3. The van der Waals surface area contributed by atoms with Crippen LogP contribution in [0.25, 0.3) is 0 Å². The van der Waals surface area contributed by atoms with Crippen LogP contribution >= 0.6 is 24.8 Å². The number of rotatable bonds is 6. The van der Waals surface area contributed by atoms with E-state index in [1.165, 1.54) is 23.4 Å². The normalized spacial score (nSPS) is 19.4. The molecule has 0 radical (unpaired) electrons. The van der Waals surface area contributed by atoms with Gasteiger partial charge in [-0.05, 0) is 67.3 Å². The van der Waals surface area contributed by atoms with E-state index in [1.807, 2.05) is 30.3 Å². The lowest BCUT2D eigenvalue weighted by molar-refractivity contribution is -0.137. The molecule has 1 aliphatic carbocycles. The Bertz CT molecular complexity index is 1170. The summed E-state index contributed by atoms with van der Waals surface area (Å²) in [4.78, 5) is 14.9. The highest BCUT2D eigenvalue weighted by Crippen LogP contribution is 2.42. The Morgan fingerprint density at radius 3 is 2.19 bits per heavy atom. The predicted molar refractivity (Wildman–Crippen MR) is 146 cm³/mol. The molecule has 1 saturated carbocycles. The van der Waals surface area contributed by atoms with Crippen molar-refractivity contribution in [1.82, 2.24) is 5.32 Å². The van der Waals surface area contributed by atoms with Crippen LogP contribution in [0.5, 0.6) is 0 Å². The van der Waals surface area contributed by atoms with Gasteiger partial charge in [0, 0.05) is 48.0 Å². The minimum absolute atomic E-state index is 0. The van der Waals surface area contributed by atoms with Crippen molar-refractivity contribution in [2.75, 3.05) is 23.3 Å². The number of anilines is 2. The molecule has 0 aromatic heterocycles. The van der Waals surface area contributed by atoms with Crippen molar-refractivity contribution in [3.05, 3.63) is 95.6 Å². The summed E-state index contributed by atoms with van der Waals surface area (Å²) in [5, 5.41) is 6.50. The fourth-order valence-corrected chi connectivity index (χ4v) is 4.85. The molecule has 1 amide bonds. The van der Waals surface area contributed by atoms with Crippen LogP contribution in [0.3, 0.4) is 0 Å². The minimum atomic E-state index is -4.48. The van der Waals surface area contributed by atoms with Crippen LogP contribution in [0.2, 0.25) is 0 Å². The second-order valence-electron chi connectivity index (χ2n) is 9.37. The van der Waals surface area contributed by atoms with Gasteiger partial charge in [-0.2, -0.15) is 13.2 Å². The molecule has 2 N–H and O–H groups in total. The summed E-state index contributed by atoms with van der Waals surface area (Å²) < 4.78 is 38.7. The van der Waals surface area contributed by atoms with E-state index >= 15 is 0 Å². The van der Waals surface area contributed by atoms with Gasteiger partial charge in [0.1, 0.15) is 0 Å². The number of halogens is 5. The van der Waals surface area contributed by atoms with Gasteiger partial charge in [-0.3, -0.25) is 4.79 Å². The molecule has 1 saturated heterocycles. The summed E-state index contributed by atoms with van der Waals surface area (Å²) in [7, 11) is 0. The van der Waals surface area contributed by atoms with Gasteiger partial charge in [0.25, 0.3) is 5.91 Å². The molecule has 198 valence electrons. The van der Waals surface area contributed by atoms with Crippen molar-refractivity contribution >= 4 is 42.1 Å². The Hall–Kier alpha value is -2.74. The zero-order chi connectivity index (χ0) is 24.4. The van der Waals surface area contributed by atoms with Crippen molar-refractivity contribution in [3.63, 3.8) is 0 Å². The lowest BCUT2D eigenvalue weighted by Gasteiger charge is -2.34. The van der Waals surface area contributed by atoms with E-state index in [0.717, 1.165) is 44.5 Å². The van der Waals surface area contributed by atoms with E-state index in [0.29, 0.717) is 23.7 Å². The molecule has 3 aromatic carbocycles. The summed E-state index contributed by atoms with van der Waals surface area (Å²) in [5.41, 5.74) is 2.21. The second-order valence-corrected chi connectivity index (χ2v) is 9.37. The third-order valence-corrected chi connectivity index (χ3v) is 6.91. The second kappa shape index (κ2) is 12.2. The Morgan fingerprint density at radius 1 is 0.865 bits per heavy atom. The maximum absolute atomic E-state index is 12.9. The first-order chi connectivity index (χ1) is 16.9. The van der Waals surface area contributed by atoms with E-state index in [1.54, 1.807) is 0 Å². The molecule has 2 aliphatic rings. The number of carbonyl (C=O) groups is 1. The molecule has 2 fully saturated rings. The zero-order valence-corrected chi connectivity index (χ0v) is 21.7. The van der Waals surface area contributed by atoms with Gasteiger partial charge in [-0.25, -0.2) is 0 Å². The zero-order valence-electron chi connectivity index (χ0n) is 20.1. The maximum Gasteiger partial charge on any atom is 0.416 e. The highest BCUT2D eigenvalue weighted by molar-refractivity contribution is 6.04. The van der Waals surface area contributed by atoms with Crippen molar-refractivity contribution in [2.24, 2.45) is 0 Å². The topological polar surface area (TPSA) is 44.4 Å². The molecule has 9 heteroatoms. The van der Waals surface area contributed by atoms with Crippen LogP contribution in [0.1, 0.15) is 46.7 Å². The standard InChI is InChI=1S/C28H28F3N3O.2ClH/c29-28(30,31)21-6-4-5-20(17-21)27(35)33-22-11-9-19(10-12-22)25-18-26(25)32-23-13-15-34(16-14-23)24-7-2-1-3-8-24;;/h1-12,17,23,25-26,32H,13-16,18H2,(H,33,35);2*1H/t25-,26+;;/m0../s1. The average molecular weight is 552 g/mol. The number of alkyl halides is 3. The molecule has 5 rings (SSSR count). The fourth-order valence-electron chi connectivity index (χ4n) is 4.85. The van der Waals surface area contributed by atoms with Gasteiger partial charge in [-0.15, -0.1) is 24.8 Å². The number of carbonyl (C=O) groups excluding carboxylic acids is 1. The summed E-state index contributed by atoms with van der Waals surface area (Å²) in [6, 6.07) is 23.6. The lowest BCUT2D eigenvalue weighted by Crippen LogP contribution is -2.43. The number of hydrogen-bond donors (Lipinski definition) is 2. The monoisotopic (exact) mass is 551 g/mol. The van der Waals surface area contributed by atoms with Gasteiger partial charge in [-0.1, -0.05) is 36.4 Å². The fraction of sp³-hybridized carbons (Fsp3) is 0.321. The minimum Gasteiger partial charge on any atom is -0.371 e. The number of hydrogen-bond acceptors (Lipinski definition) is 3. The van der Waals surface area contributed by atoms with Crippen LogP contribution in [-0.4, -0.2) is 31.1 Å². The van der Waals surface area contributed by atoms with Gasteiger partial charge < -0.3 is 15.5 Å². The predicted octanol–water partition coefficient (Wildman–Crippen LogP) is 6.92. The van der Waals surface area contributed by atoms with Crippen LogP contribution in [0.4, 0.5) is 24.5 Å².